The van der Waals surface area contributed by atoms with Crippen LogP contribution in [-0.2, 0) is 11.0 Å². The highest BCUT2D eigenvalue weighted by Gasteiger charge is 2.35. The molecule has 2 aromatic carbocycles. The van der Waals surface area contributed by atoms with Gasteiger partial charge in [-0.15, -0.1) is 0 Å². The van der Waals surface area contributed by atoms with Crippen molar-refractivity contribution in [1.82, 2.24) is 0 Å². The second-order valence-electron chi connectivity index (χ2n) is 6.40. The summed E-state index contributed by atoms with van der Waals surface area (Å²) in [5, 5.41) is 2.54. The highest BCUT2D eigenvalue weighted by molar-refractivity contribution is 5.88. The number of halogens is 6. The van der Waals surface area contributed by atoms with Gasteiger partial charge in [-0.2, -0.15) is 26.3 Å². The van der Waals surface area contributed by atoms with Gasteiger partial charge in [0.05, 0.1) is 18.7 Å². The van der Waals surface area contributed by atoms with Crippen LogP contribution in [0.2, 0.25) is 0 Å². The van der Waals surface area contributed by atoms with Gasteiger partial charge in [0.2, 0.25) is 5.91 Å². The number of carbonyl (C=O) groups excluding carboxylic acids is 1. The molecule has 2 rings (SSSR count). The molecule has 1 N–H and O–H groups in total. The van der Waals surface area contributed by atoms with Crippen molar-refractivity contribution < 1.29 is 35.9 Å². The normalized spacial score (nSPS) is 11.5. The average molecular weight is 445 g/mol. The summed E-state index contributed by atoms with van der Waals surface area (Å²) in [5.41, 5.74) is -1.83. The smallest absolute Gasteiger partial charge is 0.407 e. The first-order valence-electron chi connectivity index (χ1n) is 8.80. The molecule has 0 atom stereocenters. The van der Waals surface area contributed by atoms with Crippen LogP contribution in [0.5, 0.6) is 5.75 Å². The molecule has 0 fully saturated rings. The quantitative estimate of drug-likeness (QED) is 0.442. The minimum atomic E-state index is -4.88. The van der Waals surface area contributed by atoms with Crippen LogP contribution < -0.4 is 15.0 Å². The van der Waals surface area contributed by atoms with Gasteiger partial charge in [0, 0.05) is 18.3 Å². The van der Waals surface area contributed by atoms with Gasteiger partial charge in [-0.25, -0.2) is 4.85 Å². The second kappa shape index (κ2) is 9.59. The molecule has 0 aliphatic heterocycles. The van der Waals surface area contributed by atoms with Gasteiger partial charge in [0.25, 0.3) is 0 Å². The number of alkyl halides is 6. The number of nitrogens with zero attached hydrogens (tertiary/aromatic N) is 2. The summed E-state index contributed by atoms with van der Waals surface area (Å²) in [6, 6.07) is 8.46. The summed E-state index contributed by atoms with van der Waals surface area (Å²) in [5.74, 6) is 0.0271. The van der Waals surface area contributed by atoms with Gasteiger partial charge in [-0.1, -0.05) is 6.07 Å². The molecule has 0 aliphatic carbocycles. The van der Waals surface area contributed by atoms with Gasteiger partial charge in [0.1, 0.15) is 18.9 Å². The van der Waals surface area contributed by atoms with Crippen LogP contribution in [0, 0.1) is 6.57 Å². The topological polar surface area (TPSA) is 45.9 Å². The fraction of sp³-hybridized carbons (Fsp3) is 0.300. The molecule has 31 heavy (non-hydrogen) atoms. The summed E-state index contributed by atoms with van der Waals surface area (Å²) in [7, 11) is 0. The third-order valence-electron chi connectivity index (χ3n) is 3.95. The van der Waals surface area contributed by atoms with Gasteiger partial charge in [-0.3, -0.25) is 4.79 Å². The van der Waals surface area contributed by atoms with E-state index in [0.717, 1.165) is 12.1 Å². The van der Waals surface area contributed by atoms with E-state index < -0.39 is 30.1 Å². The SMILES string of the molecule is [C-]#[N+]c1ccc(N(CCOc2ccc(NC(C)=O)cc2)CC(F)(F)F)cc1C(F)(F)F. The Balaban J connectivity index is 2.16. The van der Waals surface area contributed by atoms with E-state index in [0.29, 0.717) is 22.4 Å². The predicted octanol–water partition coefficient (Wildman–Crippen LogP) is 5.66. The highest BCUT2D eigenvalue weighted by Crippen LogP contribution is 2.39. The third-order valence-corrected chi connectivity index (χ3v) is 3.95. The van der Waals surface area contributed by atoms with Crippen molar-refractivity contribution in [2.24, 2.45) is 0 Å². The lowest BCUT2D eigenvalue weighted by Crippen LogP contribution is -2.37. The number of amides is 1. The van der Waals surface area contributed by atoms with Gasteiger partial charge >= 0.3 is 12.4 Å². The molecule has 166 valence electrons. The van der Waals surface area contributed by atoms with E-state index in [1.54, 1.807) is 0 Å². The maximum Gasteiger partial charge on any atom is 0.407 e. The highest BCUT2D eigenvalue weighted by atomic mass is 19.4. The predicted molar refractivity (Wildman–Crippen MR) is 102 cm³/mol. The van der Waals surface area contributed by atoms with Crippen molar-refractivity contribution in [1.29, 1.82) is 0 Å². The number of anilines is 2. The number of hydrogen-bond donors (Lipinski definition) is 1. The lowest BCUT2D eigenvalue weighted by Gasteiger charge is -2.27. The van der Waals surface area contributed by atoms with Crippen LogP contribution >= 0.6 is 0 Å². The van der Waals surface area contributed by atoms with E-state index in [9.17, 15) is 31.1 Å². The summed E-state index contributed by atoms with van der Waals surface area (Å²) in [4.78, 5) is 14.5. The Bertz CT molecular complexity index is 949. The number of carbonyl (C=O) groups is 1. The van der Waals surface area contributed by atoms with Crippen LogP contribution in [0.15, 0.2) is 42.5 Å². The molecule has 0 aliphatic rings. The van der Waals surface area contributed by atoms with Crippen molar-refractivity contribution in [2.45, 2.75) is 19.3 Å². The minimum Gasteiger partial charge on any atom is -0.492 e. The summed E-state index contributed by atoms with van der Waals surface area (Å²) < 4.78 is 83.8. The Hall–Kier alpha value is -3.42. The largest absolute Gasteiger partial charge is 0.492 e. The Morgan fingerprint density at radius 1 is 1.10 bits per heavy atom. The maximum absolute atomic E-state index is 13.2. The molecule has 0 radical (unpaired) electrons. The molecule has 0 aromatic heterocycles. The van der Waals surface area contributed by atoms with E-state index >= 15 is 0 Å². The molecule has 2 aromatic rings. The Morgan fingerprint density at radius 2 is 1.74 bits per heavy atom. The van der Waals surface area contributed by atoms with Crippen LogP contribution in [0.25, 0.3) is 4.85 Å². The van der Waals surface area contributed by atoms with Gasteiger partial charge in [-0.05, 0) is 36.4 Å². The molecule has 5 nitrogen and oxygen atoms in total. The van der Waals surface area contributed by atoms with E-state index in [1.165, 1.54) is 31.2 Å². The number of rotatable bonds is 7. The summed E-state index contributed by atoms with van der Waals surface area (Å²) in [6.45, 7) is 6.06. The Morgan fingerprint density at radius 3 is 2.26 bits per heavy atom. The maximum atomic E-state index is 13.2. The van der Waals surface area contributed by atoms with Gasteiger partial charge in [0.15, 0.2) is 5.69 Å². The minimum absolute atomic E-state index is 0.249. The first-order valence-corrected chi connectivity index (χ1v) is 8.80. The summed E-state index contributed by atoms with van der Waals surface area (Å²) >= 11 is 0. The third kappa shape index (κ3) is 7.40. The van der Waals surface area contributed by atoms with Crippen molar-refractivity contribution in [3.8, 4) is 5.75 Å². The molecule has 0 saturated carbocycles. The lowest BCUT2D eigenvalue weighted by atomic mass is 10.1. The van der Waals surface area contributed by atoms with E-state index in [2.05, 4.69) is 10.2 Å². The fourth-order valence-electron chi connectivity index (χ4n) is 2.67. The van der Waals surface area contributed by atoms with E-state index in [4.69, 9.17) is 11.3 Å². The molecule has 0 saturated heterocycles. The van der Waals surface area contributed by atoms with Crippen LogP contribution in [0.4, 0.5) is 43.4 Å². The number of ether oxygens (including phenoxy) is 1. The second-order valence-corrected chi connectivity index (χ2v) is 6.40. The molecule has 0 bridgehead atoms. The van der Waals surface area contributed by atoms with E-state index in [1.807, 2.05) is 0 Å². The number of hydrogen-bond acceptors (Lipinski definition) is 3. The molecule has 0 unspecified atom stereocenters. The molecule has 1 amide bonds. The molecular formula is C20H17F6N3O2. The van der Waals surface area contributed by atoms with Crippen LogP contribution in [-0.4, -0.2) is 31.8 Å². The van der Waals surface area contributed by atoms with Gasteiger partial charge < -0.3 is 15.0 Å². The summed E-state index contributed by atoms with van der Waals surface area (Å²) in [6.07, 6.45) is -9.55. The zero-order valence-corrected chi connectivity index (χ0v) is 16.1. The molecule has 11 heteroatoms. The standard InChI is InChI=1S/C20H17F6N3O2/c1-13(30)28-14-3-6-16(7-4-14)31-10-9-29(12-19(21,22)23)15-5-8-18(27-2)17(11-15)20(24,25)26/h3-8,11H,9-10,12H2,1H3,(H,28,30). The number of benzene rings is 2. The lowest BCUT2D eigenvalue weighted by molar-refractivity contribution is -0.136. The van der Waals surface area contributed by atoms with Crippen molar-refractivity contribution >= 4 is 23.0 Å². The van der Waals surface area contributed by atoms with Crippen LogP contribution in [0.3, 0.4) is 0 Å². The zero-order valence-electron chi connectivity index (χ0n) is 16.1. The average Bonchev–Trinajstić information content (AvgIpc) is 2.66. The van der Waals surface area contributed by atoms with Crippen LogP contribution in [0.1, 0.15) is 12.5 Å². The first-order chi connectivity index (χ1) is 14.4. The fourth-order valence-corrected chi connectivity index (χ4v) is 2.67. The molecule has 0 heterocycles. The van der Waals surface area contributed by atoms with Crippen molar-refractivity contribution in [2.75, 3.05) is 29.9 Å². The van der Waals surface area contributed by atoms with Crippen molar-refractivity contribution in [3.63, 3.8) is 0 Å². The Labute approximate surface area is 174 Å². The zero-order chi connectivity index (χ0) is 23.2. The monoisotopic (exact) mass is 445 g/mol. The van der Waals surface area contributed by atoms with Crippen molar-refractivity contribution in [3.05, 3.63) is 59.4 Å². The molecular weight excluding hydrogens is 428 g/mol. The van der Waals surface area contributed by atoms with E-state index in [-0.39, 0.29) is 24.7 Å². The molecule has 0 spiro atoms. The Kier molecular flexibility index (Phi) is 7.38. The number of nitrogens with one attached hydrogen (secondary N) is 1. The first kappa shape index (κ1) is 23.9.